The second-order valence-electron chi connectivity index (χ2n) is 5.37. The van der Waals surface area contributed by atoms with Gasteiger partial charge in [0.25, 0.3) is 0 Å². The molecule has 0 bridgehead atoms. The average molecular weight is 288 g/mol. The van der Waals surface area contributed by atoms with Crippen LogP contribution < -0.4 is 0 Å². The average Bonchev–Trinajstić information content (AvgIpc) is 2.37. The minimum absolute atomic E-state index is 0. The van der Waals surface area contributed by atoms with Gasteiger partial charge in [-0.1, -0.05) is 65.9 Å². The number of carboxylic acid groups (broad SMARTS) is 1. The zero-order valence-electron chi connectivity index (χ0n) is 13.1. The van der Waals surface area contributed by atoms with Crippen LogP contribution in [0.1, 0.15) is 78.6 Å². The molecule has 2 nitrogen and oxygen atoms in total. The molecule has 1 atom stereocenters. The molecule has 0 fully saturated rings. The molecule has 0 aliphatic rings. The molecule has 3 heteroatoms. The summed E-state index contributed by atoms with van der Waals surface area (Å²) in [7, 11) is 0. The molecule has 0 aromatic rings. The zero-order valence-corrected chi connectivity index (χ0v) is 14.5. The van der Waals surface area contributed by atoms with Gasteiger partial charge >= 0.3 is 5.97 Å². The minimum atomic E-state index is -0.807. The van der Waals surface area contributed by atoms with Gasteiger partial charge in [0.05, 0.1) is 0 Å². The van der Waals surface area contributed by atoms with E-state index in [0.29, 0.717) is 5.57 Å². The van der Waals surface area contributed by atoms with Gasteiger partial charge in [-0.05, 0) is 19.3 Å². The third-order valence-corrected chi connectivity index (χ3v) is 3.92. The Labute approximate surface area is 122 Å². The number of rotatable bonds is 11. The van der Waals surface area contributed by atoms with Crippen LogP contribution in [0.4, 0.5) is 0 Å². The molecule has 0 saturated carbocycles. The van der Waals surface area contributed by atoms with Crippen LogP contribution in [-0.2, 0) is 4.79 Å². The molecule has 0 aliphatic heterocycles. The van der Waals surface area contributed by atoms with E-state index in [9.17, 15) is 9.90 Å². The first kappa shape index (κ1) is 20.9. The zero-order chi connectivity index (χ0) is 14.0. The summed E-state index contributed by atoms with van der Waals surface area (Å²) in [5, 5.41) is 9.32. The molecule has 0 heterocycles. The summed E-state index contributed by atoms with van der Waals surface area (Å²) in [4.78, 5) is 11.3. The van der Waals surface area contributed by atoms with E-state index >= 15 is 0 Å². The van der Waals surface area contributed by atoms with Crippen LogP contribution in [0.5, 0.6) is 0 Å². The third-order valence-electron chi connectivity index (χ3n) is 3.92. The lowest BCUT2D eigenvalue weighted by molar-refractivity contribution is -0.134. The maximum absolute atomic E-state index is 11.3. The van der Waals surface area contributed by atoms with Crippen LogP contribution in [0, 0.1) is 5.41 Å². The Morgan fingerprint density at radius 2 is 1.26 bits per heavy atom. The molecule has 0 aromatic heterocycles. The van der Waals surface area contributed by atoms with Crippen molar-refractivity contribution in [2.75, 3.05) is 0 Å². The van der Waals surface area contributed by atoms with Crippen molar-refractivity contribution in [1.82, 2.24) is 0 Å². The molecule has 1 unspecified atom stereocenters. The fraction of sp³-hybridized carbons (Fsp3) is 0.812. The molecule has 0 aliphatic carbocycles. The standard InChI is InChI=1S/C16H30O2.H3P/c1-5-8-11-16(12-9-6-2,13-10-7-3)14(4)15(17)18;/h4-13H2,1-3H3,(H,17,18);1H3. The van der Waals surface area contributed by atoms with Gasteiger partial charge in [-0.3, -0.25) is 0 Å². The van der Waals surface area contributed by atoms with Gasteiger partial charge in [0.2, 0.25) is 0 Å². The van der Waals surface area contributed by atoms with Crippen molar-refractivity contribution < 1.29 is 9.90 Å². The van der Waals surface area contributed by atoms with Crippen molar-refractivity contribution in [3.05, 3.63) is 12.2 Å². The van der Waals surface area contributed by atoms with E-state index in [1.807, 2.05) is 0 Å². The predicted molar refractivity (Wildman–Crippen MR) is 88.9 cm³/mol. The van der Waals surface area contributed by atoms with E-state index < -0.39 is 5.97 Å². The third kappa shape index (κ3) is 7.11. The van der Waals surface area contributed by atoms with Gasteiger partial charge in [0.15, 0.2) is 0 Å². The smallest absolute Gasteiger partial charge is 0.331 e. The molecule has 114 valence electrons. The molecule has 0 aromatic carbocycles. The summed E-state index contributed by atoms with van der Waals surface area (Å²) in [5.74, 6) is -0.807. The molecule has 0 radical (unpaired) electrons. The van der Waals surface area contributed by atoms with Crippen molar-refractivity contribution in [3.8, 4) is 0 Å². The molecule has 1 N–H and O–H groups in total. The normalized spacial score (nSPS) is 10.9. The Kier molecular flexibility index (Phi) is 12.6. The largest absolute Gasteiger partial charge is 0.478 e. The maximum Gasteiger partial charge on any atom is 0.331 e. The number of carboxylic acids is 1. The summed E-state index contributed by atoms with van der Waals surface area (Å²) >= 11 is 0. The number of hydrogen-bond donors (Lipinski definition) is 1. The molecular formula is C16H33O2P. The van der Waals surface area contributed by atoms with Crippen LogP contribution in [-0.4, -0.2) is 11.1 Å². The first-order chi connectivity index (χ1) is 8.54. The summed E-state index contributed by atoms with van der Waals surface area (Å²) in [6.45, 7) is 10.4. The van der Waals surface area contributed by atoms with E-state index in [0.717, 1.165) is 57.8 Å². The summed E-state index contributed by atoms with van der Waals surface area (Å²) in [5.41, 5.74) is 0.284. The highest BCUT2D eigenvalue weighted by Crippen LogP contribution is 2.42. The van der Waals surface area contributed by atoms with Gasteiger partial charge in [-0.2, -0.15) is 9.90 Å². The summed E-state index contributed by atoms with van der Waals surface area (Å²) in [6.07, 6.45) is 9.59. The van der Waals surface area contributed by atoms with Crippen LogP contribution in [0.3, 0.4) is 0 Å². The van der Waals surface area contributed by atoms with Crippen LogP contribution in [0.25, 0.3) is 0 Å². The lowest BCUT2D eigenvalue weighted by Crippen LogP contribution is -2.28. The van der Waals surface area contributed by atoms with Crippen molar-refractivity contribution in [2.24, 2.45) is 5.41 Å². The van der Waals surface area contributed by atoms with E-state index in [-0.39, 0.29) is 15.3 Å². The van der Waals surface area contributed by atoms with E-state index in [4.69, 9.17) is 0 Å². The van der Waals surface area contributed by atoms with Crippen LogP contribution in [0.15, 0.2) is 12.2 Å². The highest BCUT2D eigenvalue weighted by molar-refractivity contribution is 6.92. The first-order valence-electron chi connectivity index (χ1n) is 7.46. The number of carbonyl (C=O) groups is 1. The molecule has 19 heavy (non-hydrogen) atoms. The molecule has 0 amide bonds. The quantitative estimate of drug-likeness (QED) is 0.417. The molecule has 0 saturated heterocycles. The Morgan fingerprint density at radius 3 is 1.47 bits per heavy atom. The Bertz CT molecular complexity index is 240. The van der Waals surface area contributed by atoms with Gasteiger partial charge in [-0.15, -0.1) is 0 Å². The SMILES string of the molecule is C=C(C(=O)O)C(CCCC)(CCCC)CCCC.P. The van der Waals surface area contributed by atoms with E-state index in [1.165, 1.54) is 0 Å². The fourth-order valence-electron chi connectivity index (χ4n) is 2.60. The number of unbranched alkanes of at least 4 members (excludes halogenated alkanes) is 3. The number of aliphatic carboxylic acids is 1. The first-order valence-corrected chi connectivity index (χ1v) is 7.46. The van der Waals surface area contributed by atoms with Gasteiger partial charge in [-0.25, -0.2) is 4.79 Å². The van der Waals surface area contributed by atoms with Crippen LogP contribution in [0.2, 0.25) is 0 Å². The van der Waals surface area contributed by atoms with Gasteiger partial charge in [0, 0.05) is 11.0 Å². The Balaban J connectivity index is 0. The minimum Gasteiger partial charge on any atom is -0.478 e. The van der Waals surface area contributed by atoms with Gasteiger partial charge in [0.1, 0.15) is 0 Å². The van der Waals surface area contributed by atoms with Crippen molar-refractivity contribution >= 4 is 15.9 Å². The van der Waals surface area contributed by atoms with Crippen molar-refractivity contribution in [2.45, 2.75) is 78.6 Å². The second-order valence-corrected chi connectivity index (χ2v) is 5.37. The maximum atomic E-state index is 11.3. The van der Waals surface area contributed by atoms with E-state index in [1.54, 1.807) is 0 Å². The Morgan fingerprint density at radius 1 is 0.947 bits per heavy atom. The molecule has 0 rings (SSSR count). The lowest BCUT2D eigenvalue weighted by Gasteiger charge is -2.34. The highest BCUT2D eigenvalue weighted by atomic mass is 31.0. The number of hydrogen-bond acceptors (Lipinski definition) is 1. The topological polar surface area (TPSA) is 37.3 Å². The predicted octanol–water partition coefficient (Wildman–Crippen LogP) is 5.24. The molecular weight excluding hydrogens is 255 g/mol. The van der Waals surface area contributed by atoms with Crippen molar-refractivity contribution in [1.29, 1.82) is 0 Å². The van der Waals surface area contributed by atoms with E-state index in [2.05, 4.69) is 27.4 Å². The van der Waals surface area contributed by atoms with Gasteiger partial charge < -0.3 is 5.11 Å². The summed E-state index contributed by atoms with van der Waals surface area (Å²) in [6, 6.07) is 0. The summed E-state index contributed by atoms with van der Waals surface area (Å²) < 4.78 is 0. The fourth-order valence-corrected chi connectivity index (χ4v) is 2.60. The monoisotopic (exact) mass is 288 g/mol. The molecule has 0 spiro atoms. The van der Waals surface area contributed by atoms with Crippen molar-refractivity contribution in [3.63, 3.8) is 0 Å². The second kappa shape index (κ2) is 11.5. The van der Waals surface area contributed by atoms with Crippen LogP contribution >= 0.6 is 9.90 Å². The highest BCUT2D eigenvalue weighted by Gasteiger charge is 2.34. The Hall–Kier alpha value is -0.360. The lowest BCUT2D eigenvalue weighted by atomic mass is 9.69.